The monoisotopic (exact) mass is 218 g/mol. The van der Waals surface area contributed by atoms with Crippen molar-refractivity contribution in [2.75, 3.05) is 0 Å². The lowest BCUT2D eigenvalue weighted by Crippen LogP contribution is -2.14. The third kappa shape index (κ3) is 1.92. The minimum atomic E-state index is -0.405. The Labute approximate surface area is 95.0 Å². The molecule has 0 atom stereocenters. The predicted octanol–water partition coefficient (Wildman–Crippen LogP) is 3.42. The molecule has 1 aromatic carbocycles. The Morgan fingerprint density at radius 1 is 1.25 bits per heavy atom. The Balaban J connectivity index is 2.54. The molecule has 0 fully saturated rings. The minimum Gasteiger partial charge on any atom is -0.294 e. The molecule has 16 heavy (non-hydrogen) atoms. The Hall–Kier alpha value is -1.44. The van der Waals surface area contributed by atoms with E-state index in [1.807, 2.05) is 18.2 Å². The van der Waals surface area contributed by atoms with E-state index in [2.05, 4.69) is 20.8 Å². The van der Waals surface area contributed by atoms with Crippen molar-refractivity contribution in [3.63, 3.8) is 0 Å². The van der Waals surface area contributed by atoms with Gasteiger partial charge in [-0.3, -0.25) is 4.79 Å². The molecule has 1 aromatic rings. The molecule has 0 heterocycles. The number of allylic oxidation sites excluding steroid dienone is 1. The number of ketones is 1. The van der Waals surface area contributed by atoms with Gasteiger partial charge in [-0.15, -0.1) is 0 Å². The summed E-state index contributed by atoms with van der Waals surface area (Å²) < 4.78 is 13.6. The van der Waals surface area contributed by atoms with E-state index in [4.69, 9.17) is 0 Å². The van der Waals surface area contributed by atoms with Crippen molar-refractivity contribution in [1.29, 1.82) is 0 Å². The van der Waals surface area contributed by atoms with Crippen LogP contribution in [-0.4, -0.2) is 5.78 Å². The van der Waals surface area contributed by atoms with Crippen LogP contribution in [0.2, 0.25) is 0 Å². The summed E-state index contributed by atoms with van der Waals surface area (Å²) in [5, 5.41) is 0. The zero-order valence-corrected chi connectivity index (χ0v) is 9.80. The van der Waals surface area contributed by atoms with Gasteiger partial charge < -0.3 is 0 Å². The molecule has 0 amide bonds. The summed E-state index contributed by atoms with van der Waals surface area (Å²) in [6.45, 7) is 6.26. The third-order valence-corrected chi connectivity index (χ3v) is 2.89. The third-order valence-electron chi connectivity index (χ3n) is 2.89. The summed E-state index contributed by atoms with van der Waals surface area (Å²) >= 11 is 0. The average molecular weight is 218 g/mol. The zero-order valence-electron chi connectivity index (χ0n) is 9.80. The number of hydrogen-bond donors (Lipinski definition) is 0. The summed E-state index contributed by atoms with van der Waals surface area (Å²) in [6.07, 6.45) is 1.40. The summed E-state index contributed by atoms with van der Waals surface area (Å²) in [5.41, 5.74) is 2.45. The van der Waals surface area contributed by atoms with Gasteiger partial charge in [0.05, 0.1) is 0 Å². The van der Waals surface area contributed by atoms with Crippen molar-refractivity contribution >= 4 is 11.6 Å². The number of fused-ring (bicyclic) bond motifs is 1. The van der Waals surface area contributed by atoms with Crippen molar-refractivity contribution in [2.45, 2.75) is 32.6 Å². The van der Waals surface area contributed by atoms with Crippen molar-refractivity contribution in [3.05, 3.63) is 41.0 Å². The van der Waals surface area contributed by atoms with Gasteiger partial charge in [-0.25, -0.2) is 4.39 Å². The number of hydrogen-bond acceptors (Lipinski definition) is 1. The first-order chi connectivity index (χ1) is 7.38. The molecule has 0 aromatic heterocycles. The lowest BCUT2D eigenvalue weighted by atomic mass is 9.83. The molecule has 0 saturated carbocycles. The second kappa shape index (κ2) is 3.55. The first-order valence-electron chi connectivity index (χ1n) is 5.42. The fourth-order valence-electron chi connectivity index (χ4n) is 1.88. The highest BCUT2D eigenvalue weighted by atomic mass is 19.1. The molecular formula is C14H15FO. The van der Waals surface area contributed by atoms with Crippen molar-refractivity contribution in [2.24, 2.45) is 0 Å². The van der Waals surface area contributed by atoms with Crippen LogP contribution in [0.5, 0.6) is 0 Å². The Kier molecular flexibility index (Phi) is 2.45. The van der Waals surface area contributed by atoms with E-state index < -0.39 is 5.83 Å². The Morgan fingerprint density at radius 3 is 2.56 bits per heavy atom. The fourth-order valence-corrected chi connectivity index (χ4v) is 1.88. The molecule has 0 aliphatic heterocycles. The highest BCUT2D eigenvalue weighted by Crippen LogP contribution is 2.31. The molecule has 0 saturated heterocycles. The maximum atomic E-state index is 13.6. The highest BCUT2D eigenvalue weighted by Gasteiger charge is 2.21. The molecular weight excluding hydrogens is 203 g/mol. The Bertz CT molecular complexity index is 478. The second-order valence-corrected chi connectivity index (χ2v) is 5.26. The van der Waals surface area contributed by atoms with Crippen LogP contribution >= 0.6 is 0 Å². The molecule has 84 valence electrons. The SMILES string of the molecule is CC(C)(C)c1ccc2c(c1)C(F)=CC(=O)C2. The second-order valence-electron chi connectivity index (χ2n) is 5.26. The van der Waals surface area contributed by atoms with E-state index in [0.717, 1.165) is 17.2 Å². The molecule has 0 unspecified atom stereocenters. The van der Waals surface area contributed by atoms with Crippen LogP contribution in [0.4, 0.5) is 4.39 Å². The average Bonchev–Trinajstić information content (AvgIpc) is 2.15. The van der Waals surface area contributed by atoms with Gasteiger partial charge in [0, 0.05) is 18.1 Å². The van der Waals surface area contributed by atoms with Gasteiger partial charge >= 0.3 is 0 Å². The number of carbonyl (C=O) groups is 1. The number of benzene rings is 1. The van der Waals surface area contributed by atoms with Crippen molar-refractivity contribution < 1.29 is 9.18 Å². The molecule has 1 aliphatic rings. The quantitative estimate of drug-likeness (QED) is 0.652. The largest absolute Gasteiger partial charge is 0.294 e. The van der Waals surface area contributed by atoms with Crippen molar-refractivity contribution in [1.82, 2.24) is 0 Å². The van der Waals surface area contributed by atoms with E-state index >= 15 is 0 Å². The summed E-state index contributed by atoms with van der Waals surface area (Å²) in [7, 11) is 0. The Morgan fingerprint density at radius 2 is 1.94 bits per heavy atom. The molecule has 0 spiro atoms. The first kappa shape index (κ1) is 11.1. The van der Waals surface area contributed by atoms with Crippen LogP contribution in [0, 0.1) is 0 Å². The zero-order chi connectivity index (χ0) is 11.9. The van der Waals surface area contributed by atoms with Crippen LogP contribution in [0.25, 0.3) is 5.83 Å². The summed E-state index contributed by atoms with van der Waals surface area (Å²) in [6, 6.07) is 5.69. The van der Waals surface area contributed by atoms with E-state index in [-0.39, 0.29) is 11.2 Å². The standard InChI is InChI=1S/C14H15FO/c1-14(2,3)10-5-4-9-6-11(16)8-13(15)12(9)7-10/h4-5,7-8H,6H2,1-3H3. The van der Waals surface area contributed by atoms with Gasteiger partial charge in [0.15, 0.2) is 5.78 Å². The van der Waals surface area contributed by atoms with Gasteiger partial charge in [0.25, 0.3) is 0 Å². The molecule has 1 nitrogen and oxygen atoms in total. The highest BCUT2D eigenvalue weighted by molar-refractivity contribution is 6.00. The van der Waals surface area contributed by atoms with E-state index in [9.17, 15) is 9.18 Å². The smallest absolute Gasteiger partial charge is 0.163 e. The first-order valence-corrected chi connectivity index (χ1v) is 5.42. The topological polar surface area (TPSA) is 17.1 Å². The number of carbonyl (C=O) groups excluding carboxylic acids is 1. The molecule has 2 heteroatoms. The van der Waals surface area contributed by atoms with Gasteiger partial charge in [-0.2, -0.15) is 0 Å². The molecule has 2 rings (SSSR count). The van der Waals surface area contributed by atoms with Gasteiger partial charge in [-0.1, -0.05) is 32.9 Å². The summed E-state index contributed by atoms with van der Waals surface area (Å²) in [4.78, 5) is 11.2. The predicted molar refractivity (Wildman–Crippen MR) is 62.9 cm³/mol. The summed E-state index contributed by atoms with van der Waals surface area (Å²) in [5.74, 6) is -0.564. The van der Waals surface area contributed by atoms with Gasteiger partial charge in [0.2, 0.25) is 0 Å². The van der Waals surface area contributed by atoms with Crippen molar-refractivity contribution in [3.8, 4) is 0 Å². The minimum absolute atomic E-state index is 0.00321. The lowest BCUT2D eigenvalue weighted by Gasteiger charge is -2.22. The van der Waals surface area contributed by atoms with Gasteiger partial charge in [0.1, 0.15) is 5.83 Å². The normalized spacial score (nSPS) is 15.8. The van der Waals surface area contributed by atoms with Crippen LogP contribution in [0.1, 0.15) is 37.5 Å². The van der Waals surface area contributed by atoms with Crippen LogP contribution in [0.15, 0.2) is 24.3 Å². The van der Waals surface area contributed by atoms with E-state index in [0.29, 0.717) is 12.0 Å². The molecule has 0 radical (unpaired) electrons. The maximum Gasteiger partial charge on any atom is 0.163 e. The van der Waals surface area contributed by atoms with Crippen LogP contribution in [0.3, 0.4) is 0 Å². The fraction of sp³-hybridized carbons (Fsp3) is 0.357. The van der Waals surface area contributed by atoms with Gasteiger partial charge in [-0.05, 0) is 22.6 Å². The van der Waals surface area contributed by atoms with E-state index in [1.54, 1.807) is 0 Å². The number of halogens is 1. The van der Waals surface area contributed by atoms with E-state index in [1.165, 1.54) is 0 Å². The molecule has 1 aliphatic carbocycles. The maximum absolute atomic E-state index is 13.6. The molecule has 0 bridgehead atoms. The van der Waals surface area contributed by atoms with Crippen LogP contribution in [-0.2, 0) is 16.6 Å². The van der Waals surface area contributed by atoms with Crippen LogP contribution < -0.4 is 0 Å². The molecule has 0 N–H and O–H groups in total. The lowest BCUT2D eigenvalue weighted by molar-refractivity contribution is -0.114. The number of rotatable bonds is 0.